The van der Waals surface area contributed by atoms with Crippen molar-refractivity contribution in [2.45, 2.75) is 32.4 Å². The van der Waals surface area contributed by atoms with Gasteiger partial charge in [0.1, 0.15) is 0 Å². The van der Waals surface area contributed by atoms with E-state index in [1.54, 1.807) is 10.9 Å². The second-order valence-corrected chi connectivity index (χ2v) is 3.74. The van der Waals surface area contributed by atoms with E-state index >= 15 is 0 Å². The quantitative estimate of drug-likeness (QED) is 0.727. The van der Waals surface area contributed by atoms with E-state index in [1.165, 1.54) is 0 Å². The standard InChI is InChI=1S/C10H18N4O/c1-8(11)3-4-10(15)12-7-9-5-6-13-14(9)2/h5-6,8H,3-4,7,11H2,1-2H3,(H,12,15). The Balaban J connectivity index is 2.26. The van der Waals surface area contributed by atoms with Gasteiger partial charge in [-0.1, -0.05) is 0 Å². The monoisotopic (exact) mass is 210 g/mol. The fourth-order valence-corrected chi connectivity index (χ4v) is 1.21. The maximum absolute atomic E-state index is 11.4. The summed E-state index contributed by atoms with van der Waals surface area (Å²) in [6.45, 7) is 2.42. The highest BCUT2D eigenvalue weighted by Crippen LogP contribution is 1.97. The van der Waals surface area contributed by atoms with Crippen LogP contribution in [0.3, 0.4) is 0 Å². The van der Waals surface area contributed by atoms with E-state index in [-0.39, 0.29) is 11.9 Å². The molecule has 0 saturated carbocycles. The van der Waals surface area contributed by atoms with Gasteiger partial charge in [-0.15, -0.1) is 0 Å². The second-order valence-electron chi connectivity index (χ2n) is 3.74. The molecule has 0 aliphatic carbocycles. The average Bonchev–Trinajstić information content (AvgIpc) is 2.58. The molecule has 84 valence electrons. The van der Waals surface area contributed by atoms with E-state index in [0.29, 0.717) is 13.0 Å². The van der Waals surface area contributed by atoms with Gasteiger partial charge in [0, 0.05) is 25.7 Å². The number of nitrogens with two attached hydrogens (primary N) is 1. The van der Waals surface area contributed by atoms with E-state index in [4.69, 9.17) is 5.73 Å². The number of hydrogen-bond acceptors (Lipinski definition) is 3. The van der Waals surface area contributed by atoms with Crippen LogP contribution in [0, 0.1) is 0 Å². The Morgan fingerprint density at radius 2 is 2.47 bits per heavy atom. The summed E-state index contributed by atoms with van der Waals surface area (Å²) >= 11 is 0. The number of rotatable bonds is 5. The summed E-state index contributed by atoms with van der Waals surface area (Å²) in [5.74, 6) is 0.0356. The topological polar surface area (TPSA) is 72.9 Å². The smallest absolute Gasteiger partial charge is 0.220 e. The van der Waals surface area contributed by atoms with Crippen molar-refractivity contribution >= 4 is 5.91 Å². The van der Waals surface area contributed by atoms with Crippen LogP contribution in [0.5, 0.6) is 0 Å². The molecule has 0 fully saturated rings. The largest absolute Gasteiger partial charge is 0.350 e. The van der Waals surface area contributed by atoms with Gasteiger partial charge in [0.2, 0.25) is 5.91 Å². The van der Waals surface area contributed by atoms with Crippen LogP contribution >= 0.6 is 0 Å². The molecule has 5 heteroatoms. The third kappa shape index (κ3) is 4.12. The average molecular weight is 210 g/mol. The van der Waals surface area contributed by atoms with Gasteiger partial charge in [-0.05, 0) is 19.4 Å². The molecule has 1 amide bonds. The number of aryl methyl sites for hydroxylation is 1. The molecule has 0 bridgehead atoms. The summed E-state index contributed by atoms with van der Waals surface area (Å²) in [6, 6.07) is 1.96. The number of nitrogens with zero attached hydrogens (tertiary/aromatic N) is 2. The predicted molar refractivity (Wildman–Crippen MR) is 57.9 cm³/mol. The van der Waals surface area contributed by atoms with Crippen LogP contribution in [-0.4, -0.2) is 21.7 Å². The van der Waals surface area contributed by atoms with Gasteiger partial charge in [-0.2, -0.15) is 5.10 Å². The van der Waals surface area contributed by atoms with Gasteiger partial charge in [-0.25, -0.2) is 0 Å². The Hall–Kier alpha value is -1.36. The molecule has 15 heavy (non-hydrogen) atoms. The molecule has 1 unspecified atom stereocenters. The number of nitrogens with one attached hydrogen (secondary N) is 1. The first-order chi connectivity index (χ1) is 7.09. The fourth-order valence-electron chi connectivity index (χ4n) is 1.21. The maximum Gasteiger partial charge on any atom is 0.220 e. The lowest BCUT2D eigenvalue weighted by Crippen LogP contribution is -2.26. The van der Waals surface area contributed by atoms with Crippen LogP contribution < -0.4 is 11.1 Å². The van der Waals surface area contributed by atoms with E-state index < -0.39 is 0 Å². The predicted octanol–water partition coefficient (Wildman–Crippen LogP) is 0.164. The summed E-state index contributed by atoms with van der Waals surface area (Å²) in [7, 11) is 1.85. The summed E-state index contributed by atoms with van der Waals surface area (Å²) in [4.78, 5) is 11.4. The molecule has 0 aliphatic heterocycles. The van der Waals surface area contributed by atoms with Gasteiger partial charge in [0.15, 0.2) is 0 Å². The molecule has 1 heterocycles. The maximum atomic E-state index is 11.4. The highest BCUT2D eigenvalue weighted by Gasteiger charge is 2.04. The van der Waals surface area contributed by atoms with Gasteiger partial charge >= 0.3 is 0 Å². The molecular formula is C10H18N4O. The summed E-state index contributed by atoms with van der Waals surface area (Å²) in [6.07, 6.45) is 2.91. The van der Waals surface area contributed by atoms with Crippen molar-refractivity contribution in [3.63, 3.8) is 0 Å². The van der Waals surface area contributed by atoms with Crippen LogP contribution in [0.4, 0.5) is 0 Å². The Kier molecular flexibility index (Phi) is 4.30. The summed E-state index contributed by atoms with van der Waals surface area (Å²) in [5, 5.41) is 6.84. The molecule has 1 atom stereocenters. The Morgan fingerprint density at radius 3 is 3.00 bits per heavy atom. The molecule has 1 aromatic rings. The van der Waals surface area contributed by atoms with Crippen molar-refractivity contribution in [2.24, 2.45) is 12.8 Å². The molecule has 1 rings (SSSR count). The first kappa shape index (κ1) is 11.7. The summed E-state index contributed by atoms with van der Waals surface area (Å²) in [5.41, 5.74) is 6.55. The molecular weight excluding hydrogens is 192 g/mol. The van der Waals surface area contributed by atoms with Gasteiger partial charge in [0.25, 0.3) is 0 Å². The molecule has 1 aromatic heterocycles. The minimum atomic E-state index is 0.0356. The minimum Gasteiger partial charge on any atom is -0.350 e. The molecule has 0 aromatic carbocycles. The lowest BCUT2D eigenvalue weighted by molar-refractivity contribution is -0.121. The van der Waals surface area contributed by atoms with Crippen LogP contribution in [0.1, 0.15) is 25.5 Å². The highest BCUT2D eigenvalue weighted by molar-refractivity contribution is 5.75. The number of carbonyl (C=O) groups is 1. The van der Waals surface area contributed by atoms with Crippen LogP contribution in [0.2, 0.25) is 0 Å². The van der Waals surface area contributed by atoms with Gasteiger partial charge in [0.05, 0.1) is 12.2 Å². The molecule has 0 saturated heterocycles. The number of hydrogen-bond donors (Lipinski definition) is 2. The van der Waals surface area contributed by atoms with Crippen molar-refractivity contribution in [1.82, 2.24) is 15.1 Å². The highest BCUT2D eigenvalue weighted by atomic mass is 16.1. The van der Waals surface area contributed by atoms with E-state index in [9.17, 15) is 4.79 Å². The zero-order valence-corrected chi connectivity index (χ0v) is 9.23. The third-order valence-electron chi connectivity index (χ3n) is 2.22. The van der Waals surface area contributed by atoms with Gasteiger partial charge < -0.3 is 11.1 Å². The van der Waals surface area contributed by atoms with Crippen molar-refractivity contribution < 1.29 is 4.79 Å². The van der Waals surface area contributed by atoms with E-state index in [2.05, 4.69) is 10.4 Å². The van der Waals surface area contributed by atoms with E-state index in [0.717, 1.165) is 12.1 Å². The molecule has 3 N–H and O–H groups in total. The molecule has 5 nitrogen and oxygen atoms in total. The van der Waals surface area contributed by atoms with Crippen molar-refractivity contribution in [3.05, 3.63) is 18.0 Å². The van der Waals surface area contributed by atoms with Crippen molar-refractivity contribution in [3.8, 4) is 0 Å². The van der Waals surface area contributed by atoms with Crippen molar-refractivity contribution in [1.29, 1.82) is 0 Å². The molecule has 0 aliphatic rings. The molecule has 0 spiro atoms. The number of amides is 1. The zero-order valence-electron chi connectivity index (χ0n) is 9.23. The first-order valence-corrected chi connectivity index (χ1v) is 5.08. The Morgan fingerprint density at radius 1 is 1.73 bits per heavy atom. The van der Waals surface area contributed by atoms with Crippen LogP contribution in [0.15, 0.2) is 12.3 Å². The lowest BCUT2D eigenvalue weighted by Gasteiger charge is -2.06. The first-order valence-electron chi connectivity index (χ1n) is 5.08. The normalized spacial score (nSPS) is 12.5. The number of aromatic nitrogens is 2. The third-order valence-corrected chi connectivity index (χ3v) is 2.22. The fraction of sp³-hybridized carbons (Fsp3) is 0.600. The van der Waals surface area contributed by atoms with Crippen LogP contribution in [-0.2, 0) is 18.4 Å². The lowest BCUT2D eigenvalue weighted by atomic mass is 10.2. The van der Waals surface area contributed by atoms with Crippen molar-refractivity contribution in [2.75, 3.05) is 0 Å². The Labute approximate surface area is 89.6 Å². The summed E-state index contributed by atoms with van der Waals surface area (Å²) < 4.78 is 1.74. The molecule has 0 radical (unpaired) electrons. The minimum absolute atomic E-state index is 0.0356. The Bertz CT molecular complexity index is 319. The van der Waals surface area contributed by atoms with Crippen LogP contribution in [0.25, 0.3) is 0 Å². The number of carbonyl (C=O) groups excluding carboxylic acids is 1. The second kappa shape index (κ2) is 5.50. The van der Waals surface area contributed by atoms with E-state index in [1.807, 2.05) is 20.0 Å². The zero-order chi connectivity index (χ0) is 11.3. The van der Waals surface area contributed by atoms with Gasteiger partial charge in [-0.3, -0.25) is 9.48 Å². The SMILES string of the molecule is CC(N)CCC(=O)NCc1ccnn1C.